The second kappa shape index (κ2) is 6.21. The number of carbonyl (C=O) groups excluding carboxylic acids is 1. The van der Waals surface area contributed by atoms with Gasteiger partial charge in [-0.2, -0.15) is 0 Å². The lowest BCUT2D eigenvalue weighted by atomic mass is 9.96. The van der Waals surface area contributed by atoms with Crippen LogP contribution in [0.25, 0.3) is 0 Å². The number of pyridine rings is 1. The van der Waals surface area contributed by atoms with Crippen LogP contribution in [0.1, 0.15) is 56.6 Å². The molecule has 1 aliphatic heterocycles. The van der Waals surface area contributed by atoms with E-state index in [4.69, 9.17) is 0 Å². The highest BCUT2D eigenvalue weighted by atomic mass is 16.2. The lowest BCUT2D eigenvalue weighted by molar-refractivity contribution is -0.131. The lowest BCUT2D eigenvalue weighted by Gasteiger charge is -2.26. The Morgan fingerprint density at radius 2 is 2.10 bits per heavy atom. The topological polar surface area (TPSA) is 33.2 Å². The Balaban J connectivity index is 1.69. The van der Waals surface area contributed by atoms with Gasteiger partial charge >= 0.3 is 0 Å². The van der Waals surface area contributed by atoms with E-state index in [1.165, 1.54) is 24.0 Å². The Hall–Kier alpha value is -1.64. The number of aromatic nitrogens is 1. The first-order chi connectivity index (χ1) is 9.84. The Morgan fingerprint density at radius 3 is 2.85 bits per heavy atom. The summed E-state index contributed by atoms with van der Waals surface area (Å²) in [5, 5.41) is 0. The third kappa shape index (κ3) is 2.92. The summed E-state index contributed by atoms with van der Waals surface area (Å²) in [5.74, 6) is 0.303. The summed E-state index contributed by atoms with van der Waals surface area (Å²) in [5.41, 5.74) is 2.57. The van der Waals surface area contributed by atoms with Gasteiger partial charge in [0.2, 0.25) is 5.91 Å². The van der Waals surface area contributed by atoms with Crippen LogP contribution in [0.4, 0.5) is 0 Å². The largest absolute Gasteiger partial charge is 0.335 e. The van der Waals surface area contributed by atoms with Crippen molar-refractivity contribution in [3.63, 3.8) is 0 Å². The predicted molar refractivity (Wildman–Crippen MR) is 79.1 cm³/mol. The molecule has 1 aromatic rings. The third-order valence-electron chi connectivity index (χ3n) is 4.43. The van der Waals surface area contributed by atoms with Crippen molar-refractivity contribution in [2.75, 3.05) is 6.54 Å². The van der Waals surface area contributed by atoms with Crippen LogP contribution in [0, 0.1) is 0 Å². The summed E-state index contributed by atoms with van der Waals surface area (Å²) in [6.45, 7) is 0.902. The van der Waals surface area contributed by atoms with Gasteiger partial charge in [-0.3, -0.25) is 9.78 Å². The number of carbonyl (C=O) groups is 1. The van der Waals surface area contributed by atoms with Gasteiger partial charge < -0.3 is 4.90 Å². The molecule has 2 aliphatic rings. The normalized spacial score (nSPS) is 22.7. The molecule has 0 spiro atoms. The quantitative estimate of drug-likeness (QED) is 0.786. The summed E-state index contributed by atoms with van der Waals surface area (Å²) in [6, 6.07) is 4.33. The molecule has 1 atom stereocenters. The van der Waals surface area contributed by atoms with Gasteiger partial charge in [0.05, 0.1) is 6.04 Å². The molecule has 0 radical (unpaired) electrons. The summed E-state index contributed by atoms with van der Waals surface area (Å²) < 4.78 is 0. The highest BCUT2D eigenvalue weighted by molar-refractivity contribution is 5.79. The van der Waals surface area contributed by atoms with E-state index in [1.54, 1.807) is 0 Å². The SMILES string of the molecule is O=C(CC1=CCCCC1)N1CCCC1c1ccncc1. The van der Waals surface area contributed by atoms with Gasteiger partial charge in [0.1, 0.15) is 0 Å². The highest BCUT2D eigenvalue weighted by Gasteiger charge is 2.29. The van der Waals surface area contributed by atoms with E-state index >= 15 is 0 Å². The van der Waals surface area contributed by atoms with E-state index in [0.29, 0.717) is 12.3 Å². The van der Waals surface area contributed by atoms with Gasteiger partial charge in [-0.25, -0.2) is 0 Å². The average Bonchev–Trinajstić information content (AvgIpc) is 2.99. The first-order valence-electron chi connectivity index (χ1n) is 7.72. The smallest absolute Gasteiger partial charge is 0.227 e. The molecule has 3 heteroatoms. The van der Waals surface area contributed by atoms with Crippen molar-refractivity contribution in [3.05, 3.63) is 41.7 Å². The molecule has 1 saturated heterocycles. The predicted octanol–water partition coefficient (Wildman–Crippen LogP) is 3.64. The van der Waals surface area contributed by atoms with Crippen molar-refractivity contribution in [1.82, 2.24) is 9.88 Å². The number of nitrogens with zero attached hydrogens (tertiary/aromatic N) is 2. The van der Waals surface area contributed by atoms with Crippen LogP contribution in [-0.4, -0.2) is 22.3 Å². The van der Waals surface area contributed by atoms with Crippen LogP contribution in [0.15, 0.2) is 36.2 Å². The second-order valence-corrected chi connectivity index (χ2v) is 5.81. The van der Waals surface area contributed by atoms with Gasteiger partial charge in [0, 0.05) is 25.4 Å². The van der Waals surface area contributed by atoms with Crippen molar-refractivity contribution < 1.29 is 4.79 Å². The van der Waals surface area contributed by atoms with Crippen molar-refractivity contribution in [2.45, 2.75) is 51.0 Å². The first kappa shape index (κ1) is 13.3. The van der Waals surface area contributed by atoms with Crippen LogP contribution >= 0.6 is 0 Å². The summed E-state index contributed by atoms with van der Waals surface area (Å²) in [6.07, 6.45) is 13.5. The summed E-state index contributed by atoms with van der Waals surface area (Å²) in [4.78, 5) is 18.7. The monoisotopic (exact) mass is 270 g/mol. The molecule has 0 bridgehead atoms. The highest BCUT2D eigenvalue weighted by Crippen LogP contribution is 2.33. The summed E-state index contributed by atoms with van der Waals surface area (Å²) >= 11 is 0. The van der Waals surface area contributed by atoms with Gasteiger partial charge in [0.15, 0.2) is 0 Å². The zero-order valence-electron chi connectivity index (χ0n) is 11.9. The average molecular weight is 270 g/mol. The van der Waals surface area contributed by atoms with E-state index < -0.39 is 0 Å². The number of likely N-dealkylation sites (tertiary alicyclic amines) is 1. The maximum absolute atomic E-state index is 12.6. The minimum Gasteiger partial charge on any atom is -0.335 e. The van der Waals surface area contributed by atoms with Crippen LogP contribution < -0.4 is 0 Å². The minimum absolute atomic E-state index is 0.259. The van der Waals surface area contributed by atoms with Crippen LogP contribution in [0.3, 0.4) is 0 Å². The Bertz CT molecular complexity index is 495. The van der Waals surface area contributed by atoms with Crippen LogP contribution in [0.5, 0.6) is 0 Å². The standard InChI is InChI=1S/C17H22N2O/c20-17(13-14-5-2-1-3-6-14)19-12-4-7-16(19)15-8-10-18-11-9-15/h5,8-11,16H,1-4,6-7,12-13H2. The molecule has 0 saturated carbocycles. The van der Waals surface area contributed by atoms with E-state index in [9.17, 15) is 4.79 Å². The van der Waals surface area contributed by atoms with Crippen LogP contribution in [-0.2, 0) is 4.79 Å². The van der Waals surface area contributed by atoms with Crippen molar-refractivity contribution in [1.29, 1.82) is 0 Å². The maximum atomic E-state index is 12.6. The number of amides is 1. The fourth-order valence-electron chi connectivity index (χ4n) is 3.36. The van der Waals surface area contributed by atoms with Gasteiger partial charge in [-0.15, -0.1) is 0 Å². The van der Waals surface area contributed by atoms with E-state index in [0.717, 1.165) is 32.2 Å². The van der Waals surface area contributed by atoms with E-state index in [-0.39, 0.29) is 6.04 Å². The maximum Gasteiger partial charge on any atom is 0.227 e. The van der Waals surface area contributed by atoms with Crippen molar-refractivity contribution >= 4 is 5.91 Å². The molecule has 1 fully saturated rings. The fraction of sp³-hybridized carbons (Fsp3) is 0.529. The molecule has 1 unspecified atom stereocenters. The second-order valence-electron chi connectivity index (χ2n) is 5.81. The molecule has 0 N–H and O–H groups in total. The number of hydrogen-bond acceptors (Lipinski definition) is 2. The molecule has 0 aromatic carbocycles. The molecule has 3 nitrogen and oxygen atoms in total. The fourth-order valence-corrected chi connectivity index (χ4v) is 3.36. The molecule has 2 heterocycles. The zero-order chi connectivity index (χ0) is 13.8. The van der Waals surface area contributed by atoms with Crippen molar-refractivity contribution in [3.8, 4) is 0 Å². The number of hydrogen-bond donors (Lipinski definition) is 0. The minimum atomic E-state index is 0.259. The van der Waals surface area contributed by atoms with E-state index in [1.807, 2.05) is 24.5 Å². The first-order valence-corrected chi connectivity index (χ1v) is 7.72. The van der Waals surface area contributed by atoms with Crippen LogP contribution in [0.2, 0.25) is 0 Å². The van der Waals surface area contributed by atoms with Gasteiger partial charge in [0.25, 0.3) is 0 Å². The molecule has 1 aromatic heterocycles. The number of allylic oxidation sites excluding steroid dienone is 1. The van der Waals surface area contributed by atoms with Gasteiger partial charge in [-0.05, 0) is 56.2 Å². The lowest BCUT2D eigenvalue weighted by Crippen LogP contribution is -2.30. The zero-order valence-corrected chi connectivity index (χ0v) is 11.9. The Labute approximate surface area is 120 Å². The molecule has 106 valence electrons. The Morgan fingerprint density at radius 1 is 1.25 bits per heavy atom. The molecular formula is C17H22N2O. The molecule has 1 amide bonds. The Kier molecular flexibility index (Phi) is 4.14. The van der Waals surface area contributed by atoms with Crippen molar-refractivity contribution in [2.24, 2.45) is 0 Å². The number of rotatable bonds is 3. The van der Waals surface area contributed by atoms with E-state index in [2.05, 4.69) is 16.0 Å². The van der Waals surface area contributed by atoms with Gasteiger partial charge in [-0.1, -0.05) is 11.6 Å². The molecule has 3 rings (SSSR count). The summed E-state index contributed by atoms with van der Waals surface area (Å²) in [7, 11) is 0. The molecule has 20 heavy (non-hydrogen) atoms. The third-order valence-corrected chi connectivity index (χ3v) is 4.43. The molecular weight excluding hydrogens is 248 g/mol. The molecule has 1 aliphatic carbocycles.